The van der Waals surface area contributed by atoms with Crippen molar-refractivity contribution >= 4 is 16.9 Å². The minimum atomic E-state index is -0.739. The molecule has 0 unspecified atom stereocenters. The molecule has 160 valence electrons. The second kappa shape index (κ2) is 12.0. The molecule has 1 N–H and O–H groups in total. The lowest BCUT2D eigenvalue weighted by Gasteiger charge is -2.11. The first-order chi connectivity index (χ1) is 14.0. The molecule has 0 amide bonds. The van der Waals surface area contributed by atoms with Crippen molar-refractivity contribution in [2.75, 3.05) is 19.8 Å². The van der Waals surface area contributed by atoms with E-state index in [1.165, 1.54) is 26.2 Å². The standard InChI is InChI=1S/C22H30O7/c1-3-4-5-6-7-8-13-28-21-19(24)17-11-9-12-18(20(17)29-22(21)25)27-15-10-14-26-16(2)23/h9,11-12,24H,3-8,10,13-15H2,1-2H3. The van der Waals surface area contributed by atoms with Gasteiger partial charge in [0.25, 0.3) is 0 Å². The van der Waals surface area contributed by atoms with E-state index in [2.05, 4.69) is 6.92 Å². The number of hydrogen-bond acceptors (Lipinski definition) is 7. The number of esters is 1. The number of aromatic hydroxyl groups is 1. The number of para-hydroxylation sites is 1. The Kier molecular flexibility index (Phi) is 9.34. The van der Waals surface area contributed by atoms with Gasteiger partial charge in [-0.05, 0) is 18.6 Å². The highest BCUT2D eigenvalue weighted by Crippen LogP contribution is 2.35. The Labute approximate surface area is 170 Å². The van der Waals surface area contributed by atoms with Crippen LogP contribution >= 0.6 is 0 Å². The summed E-state index contributed by atoms with van der Waals surface area (Å²) < 4.78 is 21.3. The number of unbranched alkanes of at least 4 members (excludes halogenated alkanes) is 5. The second-order valence-corrected chi connectivity index (χ2v) is 6.86. The Morgan fingerprint density at radius 3 is 2.48 bits per heavy atom. The van der Waals surface area contributed by atoms with Gasteiger partial charge in [-0.2, -0.15) is 0 Å². The third-order valence-electron chi connectivity index (χ3n) is 4.43. The monoisotopic (exact) mass is 406 g/mol. The van der Waals surface area contributed by atoms with Crippen molar-refractivity contribution in [3.05, 3.63) is 28.6 Å². The van der Waals surface area contributed by atoms with E-state index in [0.29, 0.717) is 24.2 Å². The molecule has 0 aliphatic heterocycles. The minimum Gasteiger partial charge on any atom is -0.504 e. The zero-order valence-electron chi connectivity index (χ0n) is 17.2. The maximum atomic E-state index is 12.3. The summed E-state index contributed by atoms with van der Waals surface area (Å²) in [5.74, 6) is -0.426. The molecule has 0 saturated carbocycles. The number of carbonyl (C=O) groups excluding carboxylic acids is 1. The number of ether oxygens (including phenoxy) is 3. The molecule has 0 radical (unpaired) electrons. The van der Waals surface area contributed by atoms with Crippen molar-refractivity contribution in [3.8, 4) is 17.2 Å². The fourth-order valence-corrected chi connectivity index (χ4v) is 2.92. The summed E-state index contributed by atoms with van der Waals surface area (Å²) in [6.45, 7) is 4.38. The van der Waals surface area contributed by atoms with Crippen LogP contribution in [0.2, 0.25) is 0 Å². The van der Waals surface area contributed by atoms with Crippen molar-refractivity contribution in [2.24, 2.45) is 0 Å². The first kappa shape index (κ1) is 22.6. The number of benzene rings is 1. The van der Waals surface area contributed by atoms with Crippen LogP contribution in [0.3, 0.4) is 0 Å². The highest BCUT2D eigenvalue weighted by molar-refractivity contribution is 5.89. The van der Waals surface area contributed by atoms with Gasteiger partial charge in [-0.25, -0.2) is 4.79 Å². The lowest BCUT2D eigenvalue weighted by Crippen LogP contribution is -2.09. The number of carbonyl (C=O) groups is 1. The van der Waals surface area contributed by atoms with Crippen LogP contribution in [0.5, 0.6) is 17.2 Å². The number of rotatable bonds is 13. The van der Waals surface area contributed by atoms with Gasteiger partial charge in [-0.15, -0.1) is 0 Å². The summed E-state index contributed by atoms with van der Waals surface area (Å²) in [6, 6.07) is 4.98. The van der Waals surface area contributed by atoms with Crippen LogP contribution in [0.1, 0.15) is 58.8 Å². The first-order valence-corrected chi connectivity index (χ1v) is 10.2. The Morgan fingerprint density at radius 1 is 1.00 bits per heavy atom. The van der Waals surface area contributed by atoms with E-state index in [0.717, 1.165) is 19.3 Å². The quantitative estimate of drug-likeness (QED) is 0.296. The predicted molar refractivity (Wildman–Crippen MR) is 110 cm³/mol. The van der Waals surface area contributed by atoms with Gasteiger partial charge in [0.15, 0.2) is 17.1 Å². The molecule has 0 spiro atoms. The van der Waals surface area contributed by atoms with Crippen molar-refractivity contribution in [3.63, 3.8) is 0 Å². The molecule has 1 aromatic carbocycles. The van der Waals surface area contributed by atoms with E-state index in [1.807, 2.05) is 0 Å². The fourth-order valence-electron chi connectivity index (χ4n) is 2.92. The van der Waals surface area contributed by atoms with Crippen LogP contribution in [0.15, 0.2) is 27.4 Å². The fraction of sp³-hybridized carbons (Fsp3) is 0.545. The van der Waals surface area contributed by atoms with Gasteiger partial charge in [0.1, 0.15) is 0 Å². The van der Waals surface area contributed by atoms with Crippen LogP contribution in [0.4, 0.5) is 0 Å². The summed E-state index contributed by atoms with van der Waals surface area (Å²) in [5, 5.41) is 10.8. The minimum absolute atomic E-state index is 0.161. The van der Waals surface area contributed by atoms with E-state index in [9.17, 15) is 14.7 Å². The molecule has 0 aliphatic rings. The molecule has 2 rings (SSSR count). The Morgan fingerprint density at radius 2 is 1.72 bits per heavy atom. The van der Waals surface area contributed by atoms with E-state index < -0.39 is 5.63 Å². The lowest BCUT2D eigenvalue weighted by molar-refractivity contribution is -0.141. The molecule has 0 bridgehead atoms. The van der Waals surface area contributed by atoms with Crippen LogP contribution in [0.25, 0.3) is 11.0 Å². The third kappa shape index (κ3) is 7.00. The molecule has 0 fully saturated rings. The zero-order chi connectivity index (χ0) is 21.1. The number of fused-ring (bicyclic) bond motifs is 1. The maximum Gasteiger partial charge on any atom is 0.383 e. The van der Waals surface area contributed by atoms with Crippen molar-refractivity contribution in [1.29, 1.82) is 0 Å². The molecule has 29 heavy (non-hydrogen) atoms. The van der Waals surface area contributed by atoms with E-state index in [1.54, 1.807) is 18.2 Å². The van der Waals surface area contributed by atoms with Crippen molar-refractivity contribution < 1.29 is 28.5 Å². The molecule has 7 heteroatoms. The van der Waals surface area contributed by atoms with E-state index in [4.69, 9.17) is 18.6 Å². The molecular formula is C22H30O7. The smallest absolute Gasteiger partial charge is 0.383 e. The van der Waals surface area contributed by atoms with Gasteiger partial charge in [0, 0.05) is 13.3 Å². The Bertz CT molecular complexity index is 841. The van der Waals surface area contributed by atoms with Crippen molar-refractivity contribution in [2.45, 2.75) is 58.8 Å². The van der Waals surface area contributed by atoms with Gasteiger partial charge < -0.3 is 23.7 Å². The summed E-state index contributed by atoms with van der Waals surface area (Å²) >= 11 is 0. The van der Waals surface area contributed by atoms with Gasteiger partial charge in [-0.3, -0.25) is 4.79 Å². The average Bonchev–Trinajstić information content (AvgIpc) is 2.69. The van der Waals surface area contributed by atoms with Crippen LogP contribution in [-0.2, 0) is 9.53 Å². The lowest BCUT2D eigenvalue weighted by atomic mass is 10.1. The van der Waals surface area contributed by atoms with Gasteiger partial charge in [-0.1, -0.05) is 45.1 Å². The predicted octanol–water partition coefficient (Wildman–Crippen LogP) is 4.57. The van der Waals surface area contributed by atoms with Crippen LogP contribution < -0.4 is 15.1 Å². The number of hydrogen-bond donors (Lipinski definition) is 1. The van der Waals surface area contributed by atoms with Gasteiger partial charge in [0.05, 0.1) is 25.2 Å². The van der Waals surface area contributed by atoms with Crippen molar-refractivity contribution in [1.82, 2.24) is 0 Å². The molecule has 0 aliphatic carbocycles. The molecular weight excluding hydrogens is 376 g/mol. The summed E-state index contributed by atoms with van der Waals surface area (Å²) in [5.41, 5.74) is -0.577. The van der Waals surface area contributed by atoms with Gasteiger partial charge in [0.2, 0.25) is 5.75 Å². The highest BCUT2D eigenvalue weighted by Gasteiger charge is 2.18. The molecule has 1 heterocycles. The molecule has 2 aromatic rings. The first-order valence-electron chi connectivity index (χ1n) is 10.2. The highest BCUT2D eigenvalue weighted by atomic mass is 16.5. The molecule has 0 saturated heterocycles. The topological polar surface area (TPSA) is 95.2 Å². The summed E-state index contributed by atoms with van der Waals surface area (Å²) in [4.78, 5) is 23.1. The van der Waals surface area contributed by atoms with Gasteiger partial charge >= 0.3 is 11.6 Å². The second-order valence-electron chi connectivity index (χ2n) is 6.86. The van der Waals surface area contributed by atoms with Crippen LogP contribution in [0, 0.1) is 0 Å². The zero-order valence-corrected chi connectivity index (χ0v) is 17.2. The Balaban J connectivity index is 1.99. The normalized spacial score (nSPS) is 10.8. The summed E-state index contributed by atoms with van der Waals surface area (Å²) in [7, 11) is 0. The third-order valence-corrected chi connectivity index (χ3v) is 4.43. The van der Waals surface area contributed by atoms with Crippen LogP contribution in [-0.4, -0.2) is 30.9 Å². The Hall–Kier alpha value is -2.70. The SMILES string of the molecule is CCCCCCCCOc1c(O)c2cccc(OCCCOC(C)=O)c2oc1=O. The van der Waals surface area contributed by atoms with E-state index in [-0.39, 0.29) is 36.3 Å². The maximum absolute atomic E-state index is 12.3. The average molecular weight is 406 g/mol. The molecule has 1 aromatic heterocycles. The van der Waals surface area contributed by atoms with E-state index >= 15 is 0 Å². The molecule has 7 nitrogen and oxygen atoms in total. The molecule has 0 atom stereocenters. The summed E-state index contributed by atoms with van der Waals surface area (Å²) in [6.07, 6.45) is 7.07. The largest absolute Gasteiger partial charge is 0.504 e.